The number of nitrogens with zero attached hydrogens (tertiary/aromatic N) is 1. The summed E-state index contributed by atoms with van der Waals surface area (Å²) in [4.78, 5) is 2.27. The maximum absolute atomic E-state index is 14.0. The summed E-state index contributed by atoms with van der Waals surface area (Å²) in [6.45, 7) is 5.15. The topological polar surface area (TPSA) is 38.5 Å². The minimum absolute atomic E-state index is 0.0516. The Morgan fingerprint density at radius 3 is 2.95 bits per heavy atom. The second-order valence-corrected chi connectivity index (χ2v) is 5.40. The van der Waals surface area contributed by atoms with Crippen molar-refractivity contribution in [3.63, 3.8) is 0 Å². The summed E-state index contributed by atoms with van der Waals surface area (Å²) in [5, 5.41) is 0. The van der Waals surface area contributed by atoms with Crippen LogP contribution in [0.15, 0.2) is 24.3 Å². The zero-order chi connectivity index (χ0) is 14.4. The van der Waals surface area contributed by atoms with E-state index >= 15 is 0 Å². The number of hydrogen-bond acceptors (Lipinski definition) is 3. The quantitative estimate of drug-likeness (QED) is 0.870. The molecule has 2 unspecified atom stereocenters. The Bertz CT molecular complexity index is 413. The Balaban J connectivity index is 2.05. The van der Waals surface area contributed by atoms with Crippen molar-refractivity contribution in [1.82, 2.24) is 4.90 Å². The highest BCUT2D eigenvalue weighted by molar-refractivity contribution is 5.22. The average molecular weight is 280 g/mol. The minimum atomic E-state index is -0.167. The van der Waals surface area contributed by atoms with Crippen LogP contribution in [0.3, 0.4) is 0 Å². The van der Waals surface area contributed by atoms with Gasteiger partial charge >= 0.3 is 0 Å². The molecule has 0 radical (unpaired) electrons. The van der Waals surface area contributed by atoms with Gasteiger partial charge in [-0.1, -0.05) is 25.1 Å². The van der Waals surface area contributed by atoms with E-state index in [0.29, 0.717) is 12.1 Å². The first-order valence-corrected chi connectivity index (χ1v) is 7.56. The van der Waals surface area contributed by atoms with E-state index in [1.807, 2.05) is 12.1 Å². The van der Waals surface area contributed by atoms with E-state index in [1.54, 1.807) is 6.07 Å². The van der Waals surface area contributed by atoms with Crippen LogP contribution in [0.5, 0.6) is 0 Å². The summed E-state index contributed by atoms with van der Waals surface area (Å²) >= 11 is 0. The Hall–Kier alpha value is -0.970. The first-order chi connectivity index (χ1) is 9.76. The van der Waals surface area contributed by atoms with Crippen LogP contribution in [0.1, 0.15) is 37.8 Å². The monoisotopic (exact) mass is 280 g/mol. The van der Waals surface area contributed by atoms with Crippen molar-refractivity contribution in [3.05, 3.63) is 35.6 Å². The first-order valence-electron chi connectivity index (χ1n) is 7.56. The van der Waals surface area contributed by atoms with Gasteiger partial charge in [-0.15, -0.1) is 0 Å². The van der Waals surface area contributed by atoms with Gasteiger partial charge in [0.25, 0.3) is 0 Å². The van der Waals surface area contributed by atoms with Crippen molar-refractivity contribution in [1.29, 1.82) is 0 Å². The van der Waals surface area contributed by atoms with Crippen molar-refractivity contribution < 1.29 is 9.13 Å². The number of hydrogen-bond donors (Lipinski definition) is 1. The third kappa shape index (κ3) is 3.78. The smallest absolute Gasteiger partial charge is 0.128 e. The number of nitrogens with two attached hydrogens (primary N) is 1. The van der Waals surface area contributed by atoms with Crippen LogP contribution in [0, 0.1) is 5.82 Å². The van der Waals surface area contributed by atoms with E-state index in [2.05, 4.69) is 11.8 Å². The summed E-state index contributed by atoms with van der Waals surface area (Å²) in [5.41, 5.74) is 6.60. The molecule has 0 bridgehead atoms. The van der Waals surface area contributed by atoms with Crippen molar-refractivity contribution in [2.45, 2.75) is 38.3 Å². The zero-order valence-electron chi connectivity index (χ0n) is 12.2. The zero-order valence-corrected chi connectivity index (χ0v) is 12.2. The molecule has 20 heavy (non-hydrogen) atoms. The summed E-state index contributed by atoms with van der Waals surface area (Å²) in [7, 11) is 0. The predicted molar refractivity (Wildman–Crippen MR) is 79.0 cm³/mol. The molecule has 0 amide bonds. The number of benzene rings is 1. The molecule has 1 saturated heterocycles. The fraction of sp³-hybridized carbons (Fsp3) is 0.625. The van der Waals surface area contributed by atoms with E-state index in [9.17, 15) is 4.39 Å². The van der Waals surface area contributed by atoms with Crippen LogP contribution in [0.25, 0.3) is 0 Å². The van der Waals surface area contributed by atoms with Crippen molar-refractivity contribution in [2.75, 3.05) is 26.2 Å². The standard InChI is InChI=1S/C16H25FN2O/c1-2-10-20-13-6-5-9-19(12-13)16(11-18)14-7-3-4-8-15(14)17/h3-4,7-8,13,16H,2,5-6,9-12,18H2,1H3. The predicted octanol–water partition coefficient (Wildman–Crippen LogP) is 2.72. The average Bonchev–Trinajstić information content (AvgIpc) is 2.48. The summed E-state index contributed by atoms with van der Waals surface area (Å²) in [5.74, 6) is -0.167. The van der Waals surface area contributed by atoms with Gasteiger partial charge < -0.3 is 10.5 Å². The molecule has 112 valence electrons. The lowest BCUT2D eigenvalue weighted by Crippen LogP contribution is -2.44. The Morgan fingerprint density at radius 2 is 2.25 bits per heavy atom. The van der Waals surface area contributed by atoms with Gasteiger partial charge in [-0.25, -0.2) is 4.39 Å². The first kappa shape index (κ1) is 15.4. The highest BCUT2D eigenvalue weighted by atomic mass is 19.1. The van der Waals surface area contributed by atoms with Gasteiger partial charge in [-0.3, -0.25) is 4.90 Å². The molecule has 1 aromatic carbocycles. The Kier molecular flexibility index (Phi) is 5.95. The maximum atomic E-state index is 14.0. The number of piperidine rings is 1. The van der Waals surface area contributed by atoms with E-state index < -0.39 is 0 Å². The van der Waals surface area contributed by atoms with Gasteiger partial charge in [0.05, 0.1) is 12.1 Å². The van der Waals surface area contributed by atoms with Crippen molar-refractivity contribution in [3.8, 4) is 0 Å². The van der Waals surface area contributed by atoms with Crippen LogP contribution in [-0.4, -0.2) is 37.2 Å². The normalized spacial score (nSPS) is 21.9. The molecule has 1 aliphatic rings. The van der Waals surface area contributed by atoms with E-state index in [0.717, 1.165) is 39.0 Å². The van der Waals surface area contributed by atoms with Crippen molar-refractivity contribution >= 4 is 0 Å². The molecule has 2 atom stereocenters. The number of ether oxygens (including phenoxy) is 1. The summed E-state index contributed by atoms with van der Waals surface area (Å²) in [6.07, 6.45) is 3.46. The van der Waals surface area contributed by atoms with Gasteiger partial charge in [-0.2, -0.15) is 0 Å². The second kappa shape index (κ2) is 7.72. The SMILES string of the molecule is CCCOC1CCCN(C(CN)c2ccccc2F)C1. The van der Waals surface area contributed by atoms with Crippen LogP contribution >= 0.6 is 0 Å². The molecule has 4 heteroatoms. The van der Waals surface area contributed by atoms with Gasteiger partial charge in [-0.05, 0) is 31.9 Å². The third-order valence-electron chi connectivity index (χ3n) is 3.90. The molecule has 1 aliphatic heterocycles. The third-order valence-corrected chi connectivity index (χ3v) is 3.90. The van der Waals surface area contributed by atoms with Crippen LogP contribution in [-0.2, 0) is 4.74 Å². The maximum Gasteiger partial charge on any atom is 0.128 e. The lowest BCUT2D eigenvalue weighted by molar-refractivity contribution is -0.0122. The van der Waals surface area contributed by atoms with Gasteiger partial charge in [0.1, 0.15) is 5.82 Å². The molecular formula is C16H25FN2O. The fourth-order valence-corrected chi connectivity index (χ4v) is 2.89. The van der Waals surface area contributed by atoms with Crippen LogP contribution in [0.4, 0.5) is 4.39 Å². The molecule has 3 nitrogen and oxygen atoms in total. The Labute approximate surface area is 120 Å². The van der Waals surface area contributed by atoms with Gasteiger partial charge in [0.2, 0.25) is 0 Å². The molecule has 0 saturated carbocycles. The molecule has 2 N–H and O–H groups in total. The number of halogens is 1. The van der Waals surface area contributed by atoms with E-state index in [-0.39, 0.29) is 18.0 Å². The molecule has 0 aliphatic carbocycles. The van der Waals surface area contributed by atoms with Crippen LogP contribution in [0.2, 0.25) is 0 Å². The lowest BCUT2D eigenvalue weighted by atomic mass is 10.00. The molecular weight excluding hydrogens is 255 g/mol. The Morgan fingerprint density at radius 1 is 1.45 bits per heavy atom. The summed E-state index contributed by atoms with van der Waals surface area (Å²) in [6, 6.07) is 6.88. The molecule has 1 aromatic rings. The van der Waals surface area contributed by atoms with Gasteiger partial charge in [0, 0.05) is 25.3 Å². The van der Waals surface area contributed by atoms with Crippen LogP contribution < -0.4 is 5.73 Å². The summed E-state index contributed by atoms with van der Waals surface area (Å²) < 4.78 is 19.8. The number of rotatable bonds is 6. The fourth-order valence-electron chi connectivity index (χ4n) is 2.89. The molecule has 1 fully saturated rings. The largest absolute Gasteiger partial charge is 0.377 e. The lowest BCUT2D eigenvalue weighted by Gasteiger charge is -2.38. The van der Waals surface area contributed by atoms with Crippen molar-refractivity contribution in [2.24, 2.45) is 5.73 Å². The molecule has 2 rings (SSSR count). The van der Waals surface area contributed by atoms with E-state index in [4.69, 9.17) is 10.5 Å². The minimum Gasteiger partial charge on any atom is -0.377 e. The molecule has 0 spiro atoms. The van der Waals surface area contributed by atoms with Gasteiger partial charge in [0.15, 0.2) is 0 Å². The molecule has 0 aromatic heterocycles. The highest BCUT2D eigenvalue weighted by Gasteiger charge is 2.27. The number of likely N-dealkylation sites (tertiary alicyclic amines) is 1. The molecule has 1 heterocycles. The van der Waals surface area contributed by atoms with E-state index in [1.165, 1.54) is 6.07 Å². The highest BCUT2D eigenvalue weighted by Crippen LogP contribution is 2.26. The second-order valence-electron chi connectivity index (χ2n) is 5.40.